The Bertz CT molecular complexity index is 1080. The minimum absolute atomic E-state index is 0.0110. The van der Waals surface area contributed by atoms with E-state index in [9.17, 15) is 13.2 Å². The molecule has 218 valence electrons. The summed E-state index contributed by atoms with van der Waals surface area (Å²) in [5, 5.41) is 11.3. The van der Waals surface area contributed by atoms with Crippen LogP contribution in [0.4, 0.5) is 0 Å². The predicted molar refractivity (Wildman–Crippen MR) is 150 cm³/mol. The Morgan fingerprint density at radius 3 is 2.36 bits per heavy atom. The molecule has 5 aliphatic carbocycles. The summed E-state index contributed by atoms with van der Waals surface area (Å²) >= 11 is 0. The Hall–Kier alpha value is -1.65. The van der Waals surface area contributed by atoms with Crippen LogP contribution in [0, 0.1) is 29.6 Å². The van der Waals surface area contributed by atoms with Crippen LogP contribution in [0.3, 0.4) is 0 Å². The quantitative estimate of drug-likeness (QED) is 0.454. The van der Waals surface area contributed by atoms with Crippen molar-refractivity contribution in [2.75, 3.05) is 32.5 Å². The van der Waals surface area contributed by atoms with E-state index in [1.807, 2.05) is 0 Å². The van der Waals surface area contributed by atoms with Crippen LogP contribution in [0.2, 0.25) is 0 Å². The van der Waals surface area contributed by atoms with Crippen molar-refractivity contribution >= 4 is 15.9 Å². The van der Waals surface area contributed by atoms with E-state index in [2.05, 4.69) is 15.7 Å². The van der Waals surface area contributed by atoms with Gasteiger partial charge in [-0.1, -0.05) is 19.3 Å². The van der Waals surface area contributed by atoms with E-state index >= 15 is 0 Å². The maximum Gasteiger partial charge on any atom is 0.258 e. The summed E-state index contributed by atoms with van der Waals surface area (Å²) in [5.41, 5.74) is 0.493. The molecule has 1 aromatic heterocycles. The van der Waals surface area contributed by atoms with Crippen LogP contribution in [-0.2, 0) is 16.6 Å². The number of rotatable bonds is 10. The maximum absolute atomic E-state index is 13.7. The first-order valence-corrected chi connectivity index (χ1v) is 17.4. The largest absolute Gasteiger partial charge is 0.477 e. The van der Waals surface area contributed by atoms with Crippen molar-refractivity contribution in [1.82, 2.24) is 24.7 Å². The molecule has 6 aliphatic rings. The summed E-state index contributed by atoms with van der Waals surface area (Å²) in [5.74, 6) is 3.81. The fraction of sp³-hybridized carbons (Fsp3) is 0.862. The third-order valence-corrected chi connectivity index (χ3v) is 11.7. The van der Waals surface area contributed by atoms with Crippen LogP contribution < -0.4 is 15.4 Å². The van der Waals surface area contributed by atoms with Gasteiger partial charge in [0.15, 0.2) is 0 Å². The lowest BCUT2D eigenvalue weighted by Crippen LogP contribution is -2.55. The number of amides is 1. The minimum atomic E-state index is -3.37. The van der Waals surface area contributed by atoms with Gasteiger partial charge in [-0.3, -0.25) is 4.79 Å². The second-order valence-corrected chi connectivity index (χ2v) is 15.1. The number of aromatic nitrogens is 2. The first-order valence-electron chi connectivity index (χ1n) is 15.5. The van der Waals surface area contributed by atoms with Crippen LogP contribution in [0.25, 0.3) is 0 Å². The molecular formula is C29H47N5O4S. The summed E-state index contributed by atoms with van der Waals surface area (Å²) in [6.07, 6.45) is 17.0. The van der Waals surface area contributed by atoms with Gasteiger partial charge in [-0.15, -0.1) is 0 Å². The van der Waals surface area contributed by atoms with Crippen molar-refractivity contribution in [2.45, 2.75) is 95.7 Å². The van der Waals surface area contributed by atoms with Crippen LogP contribution in [0.15, 0.2) is 6.20 Å². The van der Waals surface area contributed by atoms with E-state index in [1.165, 1.54) is 57.6 Å². The van der Waals surface area contributed by atoms with Gasteiger partial charge in [0, 0.05) is 18.6 Å². The number of carbonyl (C=O) groups excluding carboxylic acids is 1. The van der Waals surface area contributed by atoms with Crippen molar-refractivity contribution in [3.63, 3.8) is 0 Å². The van der Waals surface area contributed by atoms with Crippen LogP contribution in [-0.4, -0.2) is 73.0 Å². The number of piperidine rings is 1. The smallest absolute Gasteiger partial charge is 0.258 e. The number of ether oxygens (including phenoxy) is 1. The Morgan fingerprint density at radius 2 is 1.72 bits per heavy atom. The van der Waals surface area contributed by atoms with Crippen LogP contribution in [0.1, 0.15) is 87.4 Å². The van der Waals surface area contributed by atoms with Gasteiger partial charge in [0.1, 0.15) is 5.56 Å². The molecule has 0 atom stereocenters. The Labute approximate surface area is 233 Å². The second kappa shape index (κ2) is 11.7. The third-order valence-electron chi connectivity index (χ3n) is 10.4. The van der Waals surface area contributed by atoms with E-state index in [0.717, 1.165) is 50.6 Å². The number of carbonyl (C=O) groups is 1. The molecular weight excluding hydrogens is 514 g/mol. The summed E-state index contributed by atoms with van der Waals surface area (Å²) in [7, 11) is -3.37. The normalized spacial score (nSPS) is 31.6. The summed E-state index contributed by atoms with van der Waals surface area (Å²) in [4.78, 5) is 13.7. The molecule has 9 nitrogen and oxygen atoms in total. The Morgan fingerprint density at radius 1 is 1.05 bits per heavy atom. The molecule has 7 rings (SSSR count). The molecule has 0 spiro atoms. The summed E-state index contributed by atoms with van der Waals surface area (Å²) < 4.78 is 35.2. The zero-order valence-corrected chi connectivity index (χ0v) is 24.3. The van der Waals surface area contributed by atoms with Gasteiger partial charge in [-0.2, -0.15) is 9.40 Å². The number of hydrogen-bond donors (Lipinski definition) is 2. The van der Waals surface area contributed by atoms with Crippen molar-refractivity contribution in [1.29, 1.82) is 0 Å². The summed E-state index contributed by atoms with van der Waals surface area (Å²) in [6.45, 7) is 2.91. The molecule has 1 saturated heterocycles. The third kappa shape index (κ3) is 6.17. The second-order valence-electron chi connectivity index (χ2n) is 13.2. The van der Waals surface area contributed by atoms with Crippen LogP contribution in [0.5, 0.6) is 5.88 Å². The Kier molecular flexibility index (Phi) is 8.24. The lowest BCUT2D eigenvalue weighted by atomic mass is 9.54. The van der Waals surface area contributed by atoms with Crippen molar-refractivity contribution < 1.29 is 17.9 Å². The van der Waals surface area contributed by atoms with E-state index in [0.29, 0.717) is 48.9 Å². The van der Waals surface area contributed by atoms with E-state index in [4.69, 9.17) is 4.74 Å². The van der Waals surface area contributed by atoms with Gasteiger partial charge in [-0.25, -0.2) is 13.1 Å². The Balaban J connectivity index is 1.18. The molecule has 1 aromatic rings. The number of sulfonamides is 1. The van der Waals surface area contributed by atoms with Gasteiger partial charge in [0.05, 0.1) is 25.6 Å². The van der Waals surface area contributed by atoms with Gasteiger partial charge in [-0.05, 0) is 100 Å². The molecule has 0 aromatic carbocycles. The highest BCUT2D eigenvalue weighted by Gasteiger charge is 2.48. The number of nitrogens with one attached hydrogen (secondary N) is 2. The zero-order valence-electron chi connectivity index (χ0n) is 23.5. The average Bonchev–Trinajstić information content (AvgIpc) is 3.32. The van der Waals surface area contributed by atoms with E-state index in [1.54, 1.807) is 15.2 Å². The SMILES string of the molecule is CS(=O)(=O)N(CCn1ncc(C(=O)NC2C3CC4CC(C3)CC2C4)c1OCC1CCCCC1)C1CCNCC1. The predicted octanol–water partition coefficient (Wildman–Crippen LogP) is 3.41. The lowest BCUT2D eigenvalue weighted by Gasteiger charge is -2.54. The van der Waals surface area contributed by atoms with Crippen molar-refractivity contribution in [3.8, 4) is 5.88 Å². The maximum atomic E-state index is 13.7. The molecule has 2 heterocycles. The average molecular weight is 562 g/mol. The lowest BCUT2D eigenvalue weighted by molar-refractivity contribution is -0.0120. The first kappa shape index (κ1) is 27.5. The summed E-state index contributed by atoms with van der Waals surface area (Å²) in [6, 6.07) is 0.239. The van der Waals surface area contributed by atoms with Gasteiger partial charge < -0.3 is 15.4 Å². The highest BCUT2D eigenvalue weighted by Crippen LogP contribution is 2.53. The molecule has 4 bridgehead atoms. The van der Waals surface area contributed by atoms with Crippen LogP contribution >= 0.6 is 0 Å². The molecule has 10 heteroatoms. The monoisotopic (exact) mass is 561 g/mol. The fourth-order valence-electron chi connectivity index (χ4n) is 8.69. The number of nitrogens with zero attached hydrogens (tertiary/aromatic N) is 3. The molecule has 2 N–H and O–H groups in total. The standard InChI is InChI=1S/C29H47N5O4S/c1-39(36,37)34(25-7-9-30-10-8-25)12-11-33-29(38-19-20-5-3-2-4-6-20)26(18-31-33)28(35)32-27-23-14-21-13-22(16-23)17-24(27)15-21/h18,20-25,27,30H,2-17,19H2,1H3,(H,32,35). The van der Waals surface area contributed by atoms with Crippen molar-refractivity contribution in [3.05, 3.63) is 11.8 Å². The first-order chi connectivity index (χ1) is 18.8. The highest BCUT2D eigenvalue weighted by atomic mass is 32.2. The van der Waals surface area contributed by atoms with Crippen molar-refractivity contribution in [2.24, 2.45) is 29.6 Å². The molecule has 6 fully saturated rings. The molecule has 0 radical (unpaired) electrons. The molecule has 0 unspecified atom stereocenters. The topological polar surface area (TPSA) is 106 Å². The highest BCUT2D eigenvalue weighted by molar-refractivity contribution is 7.88. The van der Waals surface area contributed by atoms with Gasteiger partial charge in [0.2, 0.25) is 15.9 Å². The van der Waals surface area contributed by atoms with E-state index < -0.39 is 10.0 Å². The molecule has 1 aliphatic heterocycles. The number of hydrogen-bond acceptors (Lipinski definition) is 6. The van der Waals surface area contributed by atoms with Gasteiger partial charge >= 0.3 is 0 Å². The minimum Gasteiger partial charge on any atom is -0.477 e. The molecule has 5 saturated carbocycles. The molecule has 39 heavy (non-hydrogen) atoms. The molecule has 1 amide bonds. The fourth-order valence-corrected chi connectivity index (χ4v) is 9.85. The zero-order chi connectivity index (χ0) is 27.0. The van der Waals surface area contributed by atoms with Gasteiger partial charge in [0.25, 0.3) is 5.91 Å². The van der Waals surface area contributed by atoms with E-state index in [-0.39, 0.29) is 18.0 Å².